The lowest BCUT2D eigenvalue weighted by atomic mass is 9.73. The van der Waals surface area contributed by atoms with Crippen molar-refractivity contribution in [2.45, 2.75) is 45.1 Å². The van der Waals surface area contributed by atoms with E-state index in [1.807, 2.05) is 0 Å². The minimum absolute atomic E-state index is 0.179. The number of aliphatic hydroxyl groups is 1. The van der Waals surface area contributed by atoms with Gasteiger partial charge in [0.05, 0.1) is 5.92 Å². The molecule has 0 spiro atoms. The van der Waals surface area contributed by atoms with Gasteiger partial charge in [0.1, 0.15) is 5.60 Å². The van der Waals surface area contributed by atoms with Crippen LogP contribution in [-0.4, -0.2) is 34.8 Å². The van der Waals surface area contributed by atoms with Gasteiger partial charge in [-0.05, 0) is 26.7 Å². The van der Waals surface area contributed by atoms with E-state index in [9.17, 15) is 31.9 Å². The molecule has 1 aliphatic rings. The van der Waals surface area contributed by atoms with Gasteiger partial charge < -0.3 is 14.7 Å². The maximum atomic E-state index is 13.8. The van der Waals surface area contributed by atoms with E-state index < -0.39 is 47.8 Å². The molecule has 0 aromatic heterocycles. The molecule has 1 aliphatic carbocycles. The highest BCUT2D eigenvalue weighted by molar-refractivity contribution is 5.69. The van der Waals surface area contributed by atoms with Gasteiger partial charge in [-0.1, -0.05) is 12.8 Å². The maximum Gasteiger partial charge on any atom is 0.415 e. The number of hydrogen-bond donors (Lipinski definition) is 1. The van der Waals surface area contributed by atoms with Crippen molar-refractivity contribution in [3.8, 4) is 0 Å². The van der Waals surface area contributed by atoms with Crippen LogP contribution in [0.3, 0.4) is 0 Å². The SMILES string of the molecule is CCN(CC)C(=O)OC(=C(F)F)C1CCCCC1(O)C(F)=C(F)F. The molecule has 24 heavy (non-hydrogen) atoms. The van der Waals surface area contributed by atoms with Crippen LogP contribution in [0.15, 0.2) is 23.7 Å². The highest BCUT2D eigenvalue weighted by Gasteiger charge is 2.49. The average Bonchev–Trinajstić information content (AvgIpc) is 2.53. The lowest BCUT2D eigenvalue weighted by molar-refractivity contribution is -0.0429. The zero-order valence-corrected chi connectivity index (χ0v) is 13.4. The predicted octanol–water partition coefficient (Wildman–Crippen LogP) is 4.57. The second kappa shape index (κ2) is 8.46. The van der Waals surface area contributed by atoms with E-state index in [1.165, 1.54) is 0 Å². The molecular formula is C15H20F5NO3. The first-order chi connectivity index (χ1) is 11.2. The molecule has 1 saturated carbocycles. The van der Waals surface area contributed by atoms with Gasteiger partial charge in [-0.3, -0.25) is 0 Å². The van der Waals surface area contributed by atoms with Crippen LogP contribution in [0.4, 0.5) is 26.7 Å². The summed E-state index contributed by atoms with van der Waals surface area (Å²) in [5.74, 6) is -5.19. The molecule has 9 heteroatoms. The molecule has 1 amide bonds. The first kappa shape index (κ1) is 20.4. The van der Waals surface area contributed by atoms with Crippen molar-refractivity contribution >= 4 is 6.09 Å². The first-order valence-electron chi connectivity index (χ1n) is 7.64. The molecule has 2 unspecified atom stereocenters. The number of hydrogen-bond acceptors (Lipinski definition) is 3. The van der Waals surface area contributed by atoms with Gasteiger partial charge in [-0.25, -0.2) is 9.18 Å². The number of carbonyl (C=O) groups excluding carboxylic acids is 1. The molecule has 0 radical (unpaired) electrons. The van der Waals surface area contributed by atoms with Crippen LogP contribution < -0.4 is 0 Å². The molecule has 0 aromatic rings. The van der Waals surface area contributed by atoms with Crippen molar-refractivity contribution in [3.05, 3.63) is 23.7 Å². The second-order valence-electron chi connectivity index (χ2n) is 5.46. The van der Waals surface area contributed by atoms with Crippen LogP contribution in [-0.2, 0) is 4.74 Å². The van der Waals surface area contributed by atoms with E-state index in [-0.39, 0.29) is 25.9 Å². The topological polar surface area (TPSA) is 49.8 Å². The molecule has 0 heterocycles. The zero-order chi connectivity index (χ0) is 18.5. The minimum Gasteiger partial charge on any atom is -0.409 e. The minimum atomic E-state index is -2.82. The summed E-state index contributed by atoms with van der Waals surface area (Å²) < 4.78 is 70.2. The highest BCUT2D eigenvalue weighted by Crippen LogP contribution is 2.46. The van der Waals surface area contributed by atoms with Crippen molar-refractivity contribution in [1.29, 1.82) is 0 Å². The van der Waals surface area contributed by atoms with E-state index in [0.29, 0.717) is 6.42 Å². The van der Waals surface area contributed by atoms with Crippen LogP contribution >= 0.6 is 0 Å². The van der Waals surface area contributed by atoms with Crippen LogP contribution in [0.1, 0.15) is 39.5 Å². The van der Waals surface area contributed by atoms with E-state index >= 15 is 0 Å². The molecule has 138 valence electrons. The number of carbonyl (C=O) groups is 1. The third-order valence-corrected chi connectivity index (χ3v) is 4.14. The first-order valence-corrected chi connectivity index (χ1v) is 7.64. The molecule has 1 rings (SSSR count). The number of ether oxygens (including phenoxy) is 1. The van der Waals surface area contributed by atoms with Crippen molar-refractivity contribution in [1.82, 2.24) is 4.90 Å². The Balaban J connectivity index is 3.21. The Kier molecular flexibility index (Phi) is 7.19. The maximum absolute atomic E-state index is 13.8. The quantitative estimate of drug-likeness (QED) is 0.579. The normalized spacial score (nSPS) is 23.4. The summed E-state index contributed by atoms with van der Waals surface area (Å²) in [5.41, 5.74) is -2.82. The molecule has 0 saturated heterocycles. The van der Waals surface area contributed by atoms with E-state index in [4.69, 9.17) is 0 Å². The van der Waals surface area contributed by atoms with Gasteiger partial charge in [0.2, 0.25) is 0 Å². The lowest BCUT2D eigenvalue weighted by Crippen LogP contribution is -2.44. The fourth-order valence-electron chi connectivity index (χ4n) is 2.81. The Morgan fingerprint density at radius 1 is 1.12 bits per heavy atom. The molecule has 4 nitrogen and oxygen atoms in total. The molecule has 0 aliphatic heterocycles. The lowest BCUT2D eigenvalue weighted by Gasteiger charge is -2.38. The van der Waals surface area contributed by atoms with Gasteiger partial charge >= 0.3 is 18.3 Å². The van der Waals surface area contributed by atoms with Crippen molar-refractivity contribution in [2.24, 2.45) is 5.92 Å². The number of nitrogens with zero attached hydrogens (tertiary/aromatic N) is 1. The summed E-state index contributed by atoms with van der Waals surface area (Å²) in [6.45, 7) is 3.55. The summed E-state index contributed by atoms with van der Waals surface area (Å²) in [4.78, 5) is 13.0. The molecule has 2 atom stereocenters. The Labute approximate surface area is 136 Å². The van der Waals surface area contributed by atoms with Crippen molar-refractivity contribution < 1.29 is 36.6 Å². The van der Waals surface area contributed by atoms with E-state index in [0.717, 1.165) is 4.90 Å². The Morgan fingerprint density at radius 2 is 1.71 bits per heavy atom. The third kappa shape index (κ3) is 4.25. The van der Waals surface area contributed by atoms with Gasteiger partial charge in [-0.2, -0.15) is 17.6 Å². The third-order valence-electron chi connectivity index (χ3n) is 4.14. The van der Waals surface area contributed by atoms with Gasteiger partial charge in [-0.15, -0.1) is 0 Å². The average molecular weight is 357 g/mol. The van der Waals surface area contributed by atoms with Gasteiger partial charge in [0.25, 0.3) is 0 Å². The highest BCUT2D eigenvalue weighted by atomic mass is 19.3. The summed E-state index contributed by atoms with van der Waals surface area (Å²) >= 11 is 0. The molecule has 0 bridgehead atoms. The number of halogens is 5. The van der Waals surface area contributed by atoms with Crippen molar-refractivity contribution in [2.75, 3.05) is 13.1 Å². The number of rotatable bonds is 5. The van der Waals surface area contributed by atoms with Crippen LogP contribution in [0.2, 0.25) is 0 Å². The van der Waals surface area contributed by atoms with Gasteiger partial charge in [0, 0.05) is 13.1 Å². The number of amides is 1. The second-order valence-corrected chi connectivity index (χ2v) is 5.46. The Bertz CT molecular complexity index is 525. The van der Waals surface area contributed by atoms with Crippen LogP contribution in [0.5, 0.6) is 0 Å². The fourth-order valence-corrected chi connectivity index (χ4v) is 2.81. The Morgan fingerprint density at radius 3 is 2.17 bits per heavy atom. The van der Waals surface area contributed by atoms with Crippen LogP contribution in [0.25, 0.3) is 0 Å². The molecule has 1 fully saturated rings. The predicted molar refractivity (Wildman–Crippen MR) is 75.9 cm³/mol. The van der Waals surface area contributed by atoms with E-state index in [2.05, 4.69) is 4.74 Å². The summed E-state index contributed by atoms with van der Waals surface area (Å²) in [7, 11) is 0. The zero-order valence-electron chi connectivity index (χ0n) is 13.4. The molecule has 0 aromatic carbocycles. The largest absolute Gasteiger partial charge is 0.415 e. The monoisotopic (exact) mass is 357 g/mol. The molecular weight excluding hydrogens is 337 g/mol. The van der Waals surface area contributed by atoms with Crippen LogP contribution in [0, 0.1) is 5.92 Å². The summed E-state index contributed by atoms with van der Waals surface area (Å²) in [6.07, 6.45) is -6.55. The summed E-state index contributed by atoms with van der Waals surface area (Å²) in [5, 5.41) is 10.3. The van der Waals surface area contributed by atoms with Gasteiger partial charge in [0.15, 0.2) is 11.6 Å². The van der Waals surface area contributed by atoms with Crippen molar-refractivity contribution in [3.63, 3.8) is 0 Å². The fraction of sp³-hybridized carbons (Fsp3) is 0.667. The van der Waals surface area contributed by atoms with E-state index in [1.54, 1.807) is 13.8 Å². The molecule has 1 N–H and O–H groups in total. The smallest absolute Gasteiger partial charge is 0.409 e. The standard InChI is InChI=1S/C15H20F5NO3/c1-3-21(4-2)14(22)24-10(12(17)18)9-7-5-6-8-15(9,23)11(16)13(19)20/h9,23H,3-8H2,1-2H3. The Hall–Kier alpha value is -1.64. The summed E-state index contributed by atoms with van der Waals surface area (Å²) in [6, 6.07) is 0.